The maximum absolute atomic E-state index is 11.0. The fourth-order valence-corrected chi connectivity index (χ4v) is 1.48. The summed E-state index contributed by atoms with van der Waals surface area (Å²) in [5.74, 6) is 0.430. The second-order valence-electron chi connectivity index (χ2n) is 2.91. The molecule has 1 aromatic carbocycles. The molecule has 1 N–H and O–H groups in total. The van der Waals surface area contributed by atoms with E-state index < -0.39 is 0 Å². The third-order valence-corrected chi connectivity index (χ3v) is 2.23. The lowest BCUT2D eigenvalue weighted by Gasteiger charge is -2.20. The maximum Gasteiger partial charge on any atom is 0.262 e. The molecule has 0 spiro atoms. The summed E-state index contributed by atoms with van der Waals surface area (Å²) in [7, 11) is 0. The van der Waals surface area contributed by atoms with Gasteiger partial charge in [0.1, 0.15) is 0 Å². The quantitative estimate of drug-likeness (QED) is 0.691. The van der Waals surface area contributed by atoms with Crippen molar-refractivity contribution in [1.82, 2.24) is 0 Å². The normalized spacial score (nSPS) is 14.5. The van der Waals surface area contributed by atoms with Crippen molar-refractivity contribution in [3.8, 4) is 5.75 Å². The van der Waals surface area contributed by atoms with E-state index in [1.54, 1.807) is 6.07 Å². The third-order valence-electron chi connectivity index (χ3n) is 1.93. The van der Waals surface area contributed by atoms with Crippen LogP contribution in [0.25, 0.3) is 0 Å². The second kappa shape index (κ2) is 2.92. The Balaban J connectivity index is 2.57. The minimum atomic E-state index is -0.141. The van der Waals surface area contributed by atoms with Crippen LogP contribution in [0.1, 0.15) is 5.56 Å². The van der Waals surface area contributed by atoms with E-state index >= 15 is 0 Å². The molecule has 0 fully saturated rings. The Morgan fingerprint density at radius 3 is 3.08 bits per heavy atom. The molecule has 3 nitrogen and oxygen atoms in total. The van der Waals surface area contributed by atoms with Gasteiger partial charge in [0.2, 0.25) is 0 Å². The van der Waals surface area contributed by atoms with Crippen LogP contribution in [0.4, 0.5) is 5.69 Å². The van der Waals surface area contributed by atoms with Crippen LogP contribution < -0.4 is 10.1 Å². The maximum atomic E-state index is 11.0. The van der Waals surface area contributed by atoms with Gasteiger partial charge < -0.3 is 10.1 Å². The lowest BCUT2D eigenvalue weighted by Crippen LogP contribution is -2.26. The van der Waals surface area contributed by atoms with Crippen molar-refractivity contribution in [2.75, 3.05) is 11.9 Å². The number of fused-ring (bicyclic) bond motifs is 1. The van der Waals surface area contributed by atoms with Gasteiger partial charge in [0.15, 0.2) is 12.4 Å². The van der Waals surface area contributed by atoms with Gasteiger partial charge in [0.05, 0.1) is 10.7 Å². The van der Waals surface area contributed by atoms with Crippen LogP contribution in [0.2, 0.25) is 5.02 Å². The van der Waals surface area contributed by atoms with Gasteiger partial charge in [-0.2, -0.15) is 0 Å². The van der Waals surface area contributed by atoms with Crippen molar-refractivity contribution < 1.29 is 9.53 Å². The van der Waals surface area contributed by atoms with Gasteiger partial charge in [0, 0.05) is 0 Å². The summed E-state index contributed by atoms with van der Waals surface area (Å²) >= 11 is 5.89. The minimum Gasteiger partial charge on any atom is -0.480 e. The standard InChI is InChI=1S/C9H8ClNO2/c1-5-2-3-6(10)9-8(5)11-7(12)4-13-9/h2-3H,4H2,1H3,(H,11,12). The average molecular weight is 198 g/mol. The Hall–Kier alpha value is -1.22. The number of hydrogen-bond donors (Lipinski definition) is 1. The lowest BCUT2D eigenvalue weighted by atomic mass is 10.1. The highest BCUT2D eigenvalue weighted by molar-refractivity contribution is 6.32. The van der Waals surface area contributed by atoms with Crippen molar-refractivity contribution in [2.45, 2.75) is 6.92 Å². The first-order valence-corrected chi connectivity index (χ1v) is 4.28. The Morgan fingerprint density at radius 1 is 1.54 bits per heavy atom. The molecule has 1 aromatic rings. The molecular weight excluding hydrogens is 190 g/mol. The van der Waals surface area contributed by atoms with Gasteiger partial charge >= 0.3 is 0 Å². The molecule has 1 amide bonds. The van der Waals surface area contributed by atoms with Crippen LogP contribution in [0.15, 0.2) is 12.1 Å². The molecule has 2 rings (SSSR count). The Labute approximate surface area is 80.6 Å². The molecule has 68 valence electrons. The highest BCUT2D eigenvalue weighted by Gasteiger charge is 2.19. The number of nitrogens with one attached hydrogen (secondary N) is 1. The topological polar surface area (TPSA) is 38.3 Å². The smallest absolute Gasteiger partial charge is 0.262 e. The summed E-state index contributed by atoms with van der Waals surface area (Å²) in [6.07, 6.45) is 0. The van der Waals surface area contributed by atoms with E-state index in [2.05, 4.69) is 5.32 Å². The molecule has 0 saturated heterocycles. The molecule has 1 aliphatic rings. The van der Waals surface area contributed by atoms with Crippen LogP contribution in [-0.4, -0.2) is 12.5 Å². The first kappa shape index (κ1) is 8.38. The third kappa shape index (κ3) is 1.35. The Bertz CT molecular complexity index is 376. The van der Waals surface area contributed by atoms with E-state index in [0.717, 1.165) is 5.56 Å². The van der Waals surface area contributed by atoms with Crippen LogP contribution in [0.5, 0.6) is 5.75 Å². The Morgan fingerprint density at radius 2 is 2.31 bits per heavy atom. The summed E-state index contributed by atoms with van der Waals surface area (Å²) in [4.78, 5) is 11.0. The van der Waals surface area contributed by atoms with Gasteiger partial charge in [-0.3, -0.25) is 4.79 Å². The number of benzene rings is 1. The molecule has 1 aliphatic heterocycles. The largest absolute Gasteiger partial charge is 0.480 e. The highest BCUT2D eigenvalue weighted by atomic mass is 35.5. The molecule has 1 heterocycles. The van der Waals surface area contributed by atoms with E-state index in [1.807, 2.05) is 13.0 Å². The van der Waals surface area contributed by atoms with E-state index in [0.29, 0.717) is 16.5 Å². The molecule has 0 aromatic heterocycles. The van der Waals surface area contributed by atoms with Crippen LogP contribution >= 0.6 is 11.6 Å². The fourth-order valence-electron chi connectivity index (χ4n) is 1.27. The molecule has 0 saturated carbocycles. The van der Waals surface area contributed by atoms with Gasteiger partial charge in [-0.25, -0.2) is 0 Å². The number of anilines is 1. The number of aryl methyl sites for hydroxylation is 1. The summed E-state index contributed by atoms with van der Waals surface area (Å²) < 4.78 is 5.20. The zero-order chi connectivity index (χ0) is 9.42. The number of carbonyl (C=O) groups is 1. The van der Waals surface area contributed by atoms with Crippen molar-refractivity contribution in [2.24, 2.45) is 0 Å². The highest BCUT2D eigenvalue weighted by Crippen LogP contribution is 2.37. The average Bonchev–Trinajstić information content (AvgIpc) is 2.12. The summed E-state index contributed by atoms with van der Waals surface area (Å²) in [6.45, 7) is 1.93. The molecule has 0 aliphatic carbocycles. The molecule has 0 atom stereocenters. The first-order chi connectivity index (χ1) is 6.18. The van der Waals surface area contributed by atoms with Crippen molar-refractivity contribution in [1.29, 1.82) is 0 Å². The van der Waals surface area contributed by atoms with E-state index in [1.165, 1.54) is 0 Å². The second-order valence-corrected chi connectivity index (χ2v) is 3.31. The number of hydrogen-bond acceptors (Lipinski definition) is 2. The zero-order valence-corrected chi connectivity index (χ0v) is 7.81. The van der Waals surface area contributed by atoms with Gasteiger partial charge in [0.25, 0.3) is 5.91 Å². The molecule has 4 heteroatoms. The van der Waals surface area contributed by atoms with Crippen LogP contribution in [0.3, 0.4) is 0 Å². The predicted molar refractivity (Wildman–Crippen MR) is 50.3 cm³/mol. The molecular formula is C9H8ClNO2. The molecule has 0 unspecified atom stereocenters. The van der Waals surface area contributed by atoms with E-state index in [-0.39, 0.29) is 12.5 Å². The van der Waals surface area contributed by atoms with E-state index in [9.17, 15) is 4.79 Å². The molecule has 0 bridgehead atoms. The van der Waals surface area contributed by atoms with Crippen molar-refractivity contribution in [3.05, 3.63) is 22.7 Å². The predicted octanol–water partition coefficient (Wildman–Crippen LogP) is 1.98. The first-order valence-electron chi connectivity index (χ1n) is 3.90. The zero-order valence-electron chi connectivity index (χ0n) is 7.06. The summed E-state index contributed by atoms with van der Waals surface area (Å²) in [5, 5.41) is 3.25. The number of halogens is 1. The number of rotatable bonds is 0. The molecule has 0 radical (unpaired) electrons. The number of carbonyl (C=O) groups excluding carboxylic acids is 1. The molecule has 13 heavy (non-hydrogen) atoms. The van der Waals surface area contributed by atoms with Gasteiger partial charge in [-0.1, -0.05) is 17.7 Å². The lowest BCUT2D eigenvalue weighted by molar-refractivity contribution is -0.118. The van der Waals surface area contributed by atoms with Gasteiger partial charge in [-0.15, -0.1) is 0 Å². The summed E-state index contributed by atoms with van der Waals surface area (Å²) in [6, 6.07) is 3.60. The van der Waals surface area contributed by atoms with Crippen LogP contribution in [0, 0.1) is 6.92 Å². The van der Waals surface area contributed by atoms with Gasteiger partial charge in [-0.05, 0) is 18.6 Å². The number of ether oxygens (including phenoxy) is 1. The van der Waals surface area contributed by atoms with Crippen molar-refractivity contribution in [3.63, 3.8) is 0 Å². The number of amides is 1. The monoisotopic (exact) mass is 197 g/mol. The van der Waals surface area contributed by atoms with Crippen molar-refractivity contribution >= 4 is 23.2 Å². The SMILES string of the molecule is Cc1ccc(Cl)c2c1NC(=O)CO2. The summed E-state index contributed by atoms with van der Waals surface area (Å²) in [5.41, 5.74) is 1.64. The Kier molecular flexibility index (Phi) is 1.88. The fraction of sp³-hybridized carbons (Fsp3) is 0.222. The minimum absolute atomic E-state index is 0.0379. The van der Waals surface area contributed by atoms with Crippen LogP contribution in [-0.2, 0) is 4.79 Å². The van der Waals surface area contributed by atoms with E-state index in [4.69, 9.17) is 16.3 Å².